The molecule has 112 valence electrons. The van der Waals surface area contributed by atoms with E-state index in [0.29, 0.717) is 18.9 Å². The Kier molecular flexibility index (Phi) is 6.21. The second-order valence-electron chi connectivity index (χ2n) is 6.53. The molecule has 3 heteroatoms. The molecule has 0 aliphatic rings. The number of aliphatic carboxylic acids is 1. The van der Waals surface area contributed by atoms with Crippen LogP contribution >= 0.6 is 0 Å². The lowest BCUT2D eigenvalue weighted by Gasteiger charge is -2.19. The zero-order valence-electron chi connectivity index (χ0n) is 13.1. The lowest BCUT2D eigenvalue weighted by Crippen LogP contribution is -2.28. The van der Waals surface area contributed by atoms with Crippen molar-refractivity contribution in [1.82, 2.24) is 5.32 Å². The molecule has 0 spiro atoms. The molecule has 0 aliphatic heterocycles. The van der Waals surface area contributed by atoms with Crippen LogP contribution < -0.4 is 5.32 Å². The van der Waals surface area contributed by atoms with Crippen LogP contribution in [0.15, 0.2) is 24.3 Å². The number of benzene rings is 1. The highest BCUT2D eigenvalue weighted by Gasteiger charge is 2.25. The van der Waals surface area contributed by atoms with Crippen LogP contribution in [-0.2, 0) is 17.8 Å². The number of rotatable bonds is 8. The second-order valence-corrected chi connectivity index (χ2v) is 6.53. The number of carboxylic acids is 1. The van der Waals surface area contributed by atoms with Gasteiger partial charge in [0.1, 0.15) is 0 Å². The fraction of sp³-hybridized carbons (Fsp3) is 0.588. The normalized spacial score (nSPS) is 11.8. The summed E-state index contributed by atoms with van der Waals surface area (Å²) in [5, 5.41) is 12.3. The Morgan fingerprint density at radius 2 is 1.75 bits per heavy atom. The van der Waals surface area contributed by atoms with Gasteiger partial charge in [-0.25, -0.2) is 0 Å². The van der Waals surface area contributed by atoms with E-state index in [-0.39, 0.29) is 0 Å². The SMILES string of the molecule is CC(C)Cc1ccc(CNCCC(C)(C)C(=O)O)cc1. The van der Waals surface area contributed by atoms with Gasteiger partial charge in [-0.15, -0.1) is 0 Å². The quantitative estimate of drug-likeness (QED) is 0.715. The fourth-order valence-corrected chi connectivity index (χ4v) is 2.01. The third-order valence-electron chi connectivity index (χ3n) is 3.50. The molecule has 0 aliphatic carbocycles. The van der Waals surface area contributed by atoms with Crippen molar-refractivity contribution in [3.63, 3.8) is 0 Å². The molecule has 2 N–H and O–H groups in total. The van der Waals surface area contributed by atoms with E-state index in [0.717, 1.165) is 13.0 Å². The lowest BCUT2D eigenvalue weighted by atomic mass is 9.90. The summed E-state index contributed by atoms with van der Waals surface area (Å²) in [6, 6.07) is 8.65. The monoisotopic (exact) mass is 277 g/mol. The molecule has 0 heterocycles. The lowest BCUT2D eigenvalue weighted by molar-refractivity contribution is -0.147. The average Bonchev–Trinajstić information content (AvgIpc) is 2.35. The van der Waals surface area contributed by atoms with Gasteiger partial charge in [-0.2, -0.15) is 0 Å². The maximum atomic E-state index is 11.0. The number of hydrogen-bond donors (Lipinski definition) is 2. The zero-order chi connectivity index (χ0) is 15.2. The van der Waals surface area contributed by atoms with Gasteiger partial charge < -0.3 is 10.4 Å². The molecule has 0 atom stereocenters. The highest BCUT2D eigenvalue weighted by molar-refractivity contribution is 5.73. The highest BCUT2D eigenvalue weighted by atomic mass is 16.4. The van der Waals surface area contributed by atoms with Gasteiger partial charge in [0.2, 0.25) is 0 Å². The Hall–Kier alpha value is -1.35. The van der Waals surface area contributed by atoms with Crippen molar-refractivity contribution in [2.24, 2.45) is 11.3 Å². The number of carbonyl (C=O) groups is 1. The third kappa shape index (κ3) is 5.74. The third-order valence-corrected chi connectivity index (χ3v) is 3.50. The average molecular weight is 277 g/mol. The van der Waals surface area contributed by atoms with Crippen LogP contribution in [0, 0.1) is 11.3 Å². The van der Waals surface area contributed by atoms with E-state index in [2.05, 4.69) is 43.4 Å². The minimum absolute atomic E-state index is 0.633. The highest BCUT2D eigenvalue weighted by Crippen LogP contribution is 2.19. The summed E-state index contributed by atoms with van der Waals surface area (Å²) in [5.41, 5.74) is 1.95. The molecule has 1 aromatic rings. The van der Waals surface area contributed by atoms with E-state index in [9.17, 15) is 4.79 Å². The molecule has 0 radical (unpaired) electrons. The van der Waals surface area contributed by atoms with E-state index in [1.54, 1.807) is 13.8 Å². The van der Waals surface area contributed by atoms with Crippen LogP contribution in [0.25, 0.3) is 0 Å². The number of hydrogen-bond acceptors (Lipinski definition) is 2. The largest absolute Gasteiger partial charge is 0.481 e. The Morgan fingerprint density at radius 3 is 2.25 bits per heavy atom. The molecular weight excluding hydrogens is 250 g/mol. The molecule has 0 saturated heterocycles. The van der Waals surface area contributed by atoms with Gasteiger partial charge in [-0.1, -0.05) is 38.1 Å². The smallest absolute Gasteiger partial charge is 0.309 e. The van der Waals surface area contributed by atoms with E-state index in [1.165, 1.54) is 11.1 Å². The van der Waals surface area contributed by atoms with Crippen molar-refractivity contribution in [3.05, 3.63) is 35.4 Å². The molecule has 0 amide bonds. The van der Waals surface area contributed by atoms with Gasteiger partial charge in [0, 0.05) is 6.54 Å². The van der Waals surface area contributed by atoms with Crippen molar-refractivity contribution in [1.29, 1.82) is 0 Å². The number of carboxylic acid groups (broad SMARTS) is 1. The van der Waals surface area contributed by atoms with Crippen LogP contribution in [0.1, 0.15) is 45.2 Å². The summed E-state index contributed by atoms with van der Waals surface area (Å²) in [5.74, 6) is -0.0606. The summed E-state index contributed by atoms with van der Waals surface area (Å²) in [4.78, 5) is 11.0. The van der Waals surface area contributed by atoms with Gasteiger partial charge >= 0.3 is 5.97 Å². The van der Waals surface area contributed by atoms with E-state index in [4.69, 9.17) is 5.11 Å². The first kappa shape index (κ1) is 16.7. The van der Waals surface area contributed by atoms with Crippen molar-refractivity contribution in [3.8, 4) is 0 Å². The Morgan fingerprint density at radius 1 is 1.20 bits per heavy atom. The molecule has 1 aromatic carbocycles. The molecule has 0 bridgehead atoms. The van der Waals surface area contributed by atoms with Crippen LogP contribution in [0.3, 0.4) is 0 Å². The van der Waals surface area contributed by atoms with E-state index in [1.807, 2.05) is 0 Å². The molecule has 0 unspecified atom stereocenters. The van der Waals surface area contributed by atoms with Crippen LogP contribution in [0.5, 0.6) is 0 Å². The summed E-state index contributed by atoms with van der Waals surface area (Å²) in [7, 11) is 0. The van der Waals surface area contributed by atoms with Gasteiger partial charge in [-0.05, 0) is 50.3 Å². The van der Waals surface area contributed by atoms with E-state index < -0.39 is 11.4 Å². The van der Waals surface area contributed by atoms with Crippen molar-refractivity contribution >= 4 is 5.97 Å². The van der Waals surface area contributed by atoms with Crippen molar-refractivity contribution in [2.75, 3.05) is 6.54 Å². The molecule has 3 nitrogen and oxygen atoms in total. The van der Waals surface area contributed by atoms with Crippen LogP contribution in [0.4, 0.5) is 0 Å². The molecule has 20 heavy (non-hydrogen) atoms. The second kappa shape index (κ2) is 7.44. The topological polar surface area (TPSA) is 49.3 Å². The number of nitrogens with one attached hydrogen (secondary N) is 1. The standard InChI is InChI=1S/C17H27NO2/c1-13(2)11-14-5-7-15(8-6-14)12-18-10-9-17(3,4)16(19)20/h5-8,13,18H,9-12H2,1-4H3,(H,19,20). The Balaban J connectivity index is 2.34. The first-order chi connectivity index (χ1) is 9.31. The summed E-state index contributed by atoms with van der Waals surface area (Å²) < 4.78 is 0. The fourth-order valence-electron chi connectivity index (χ4n) is 2.01. The molecular formula is C17H27NO2. The van der Waals surface area contributed by atoms with Gasteiger partial charge in [0.15, 0.2) is 0 Å². The molecule has 0 aromatic heterocycles. The van der Waals surface area contributed by atoms with Crippen LogP contribution in [0.2, 0.25) is 0 Å². The minimum atomic E-state index is -0.739. The van der Waals surface area contributed by atoms with E-state index >= 15 is 0 Å². The minimum Gasteiger partial charge on any atom is -0.481 e. The summed E-state index contributed by atoms with van der Waals surface area (Å²) in [6.45, 7) is 9.47. The predicted octanol–water partition coefficient (Wildman–Crippen LogP) is 3.48. The summed E-state index contributed by atoms with van der Waals surface area (Å²) in [6.07, 6.45) is 1.74. The molecule has 0 saturated carbocycles. The first-order valence-electron chi connectivity index (χ1n) is 7.33. The zero-order valence-corrected chi connectivity index (χ0v) is 13.1. The Labute approximate surface area is 122 Å². The van der Waals surface area contributed by atoms with Gasteiger partial charge in [0.05, 0.1) is 5.41 Å². The maximum Gasteiger partial charge on any atom is 0.309 e. The maximum absolute atomic E-state index is 11.0. The van der Waals surface area contributed by atoms with Gasteiger partial charge in [-0.3, -0.25) is 4.79 Å². The molecule has 1 rings (SSSR count). The Bertz CT molecular complexity index is 421. The van der Waals surface area contributed by atoms with Crippen LogP contribution in [-0.4, -0.2) is 17.6 Å². The molecule has 0 fully saturated rings. The summed E-state index contributed by atoms with van der Waals surface area (Å²) >= 11 is 0. The predicted molar refractivity (Wildman–Crippen MR) is 82.7 cm³/mol. The first-order valence-corrected chi connectivity index (χ1v) is 7.33. The van der Waals surface area contributed by atoms with Crippen molar-refractivity contribution in [2.45, 2.75) is 47.1 Å². The van der Waals surface area contributed by atoms with Crippen molar-refractivity contribution < 1.29 is 9.90 Å². The van der Waals surface area contributed by atoms with Gasteiger partial charge in [0.25, 0.3) is 0 Å².